The van der Waals surface area contributed by atoms with Gasteiger partial charge < -0.3 is 10.5 Å². The molecule has 0 aromatic rings. The van der Waals surface area contributed by atoms with E-state index in [4.69, 9.17) is 10.5 Å². The number of amides is 1. The Morgan fingerprint density at radius 2 is 2.00 bits per heavy atom. The van der Waals surface area contributed by atoms with Crippen LogP contribution < -0.4 is 5.73 Å². The lowest BCUT2D eigenvalue weighted by Gasteiger charge is -2.10. The van der Waals surface area contributed by atoms with Crippen LogP contribution in [0.5, 0.6) is 0 Å². The van der Waals surface area contributed by atoms with Gasteiger partial charge >= 0.3 is 0 Å². The molecular formula is C7H13NO3. The Bertz CT molecular complexity index is 140. The zero-order valence-corrected chi connectivity index (χ0v) is 6.79. The molecule has 2 N–H and O–H groups in total. The van der Waals surface area contributed by atoms with Gasteiger partial charge in [-0.1, -0.05) is 0 Å². The van der Waals surface area contributed by atoms with Gasteiger partial charge in [0.2, 0.25) is 5.91 Å². The average Bonchev–Trinajstić information content (AvgIpc) is 1.84. The lowest BCUT2D eigenvalue weighted by atomic mass is 10.1. The second-order valence-corrected chi connectivity index (χ2v) is 2.43. The minimum atomic E-state index is -0.446. The topological polar surface area (TPSA) is 69.4 Å². The van der Waals surface area contributed by atoms with E-state index in [9.17, 15) is 9.59 Å². The van der Waals surface area contributed by atoms with Crippen molar-refractivity contribution in [2.75, 3.05) is 7.11 Å². The second kappa shape index (κ2) is 4.85. The largest absolute Gasteiger partial charge is 0.380 e. The molecule has 0 aliphatic heterocycles. The molecule has 1 unspecified atom stereocenters. The number of hydrogen-bond donors (Lipinski definition) is 1. The number of methoxy groups -OCH3 is 1. The third-order valence-electron chi connectivity index (χ3n) is 1.28. The van der Waals surface area contributed by atoms with Gasteiger partial charge in [-0.25, -0.2) is 0 Å². The van der Waals surface area contributed by atoms with E-state index in [-0.39, 0.29) is 24.7 Å². The fourth-order valence-corrected chi connectivity index (χ4v) is 0.784. The van der Waals surface area contributed by atoms with Crippen LogP contribution in [0.4, 0.5) is 0 Å². The van der Waals surface area contributed by atoms with Crippen molar-refractivity contribution in [3.8, 4) is 0 Å². The van der Waals surface area contributed by atoms with Crippen LogP contribution in [0.15, 0.2) is 0 Å². The number of ether oxygens (including phenoxy) is 1. The fourth-order valence-electron chi connectivity index (χ4n) is 0.784. The van der Waals surface area contributed by atoms with E-state index in [1.54, 1.807) is 0 Å². The third kappa shape index (κ3) is 5.54. The van der Waals surface area contributed by atoms with Crippen molar-refractivity contribution in [2.24, 2.45) is 5.73 Å². The molecule has 11 heavy (non-hydrogen) atoms. The number of ketones is 1. The molecule has 0 saturated carbocycles. The van der Waals surface area contributed by atoms with E-state index in [1.807, 2.05) is 0 Å². The van der Waals surface area contributed by atoms with Crippen molar-refractivity contribution in [1.82, 2.24) is 0 Å². The van der Waals surface area contributed by atoms with Gasteiger partial charge in [0.25, 0.3) is 0 Å². The highest BCUT2D eigenvalue weighted by Gasteiger charge is 2.12. The summed E-state index contributed by atoms with van der Waals surface area (Å²) < 4.78 is 4.85. The van der Waals surface area contributed by atoms with Gasteiger partial charge in [0.15, 0.2) is 0 Å². The van der Waals surface area contributed by atoms with Gasteiger partial charge in [0, 0.05) is 13.5 Å². The summed E-state index contributed by atoms with van der Waals surface area (Å²) in [6.45, 7) is 1.45. The predicted molar refractivity (Wildman–Crippen MR) is 39.9 cm³/mol. The highest BCUT2D eigenvalue weighted by atomic mass is 16.5. The average molecular weight is 159 g/mol. The summed E-state index contributed by atoms with van der Waals surface area (Å²) in [4.78, 5) is 20.9. The summed E-state index contributed by atoms with van der Waals surface area (Å²) in [7, 11) is 1.45. The molecule has 0 fully saturated rings. The van der Waals surface area contributed by atoms with E-state index >= 15 is 0 Å². The minimum absolute atomic E-state index is 0.00176. The van der Waals surface area contributed by atoms with Gasteiger partial charge in [-0.2, -0.15) is 0 Å². The molecule has 1 atom stereocenters. The summed E-state index contributed by atoms with van der Waals surface area (Å²) in [5, 5.41) is 0. The first-order valence-corrected chi connectivity index (χ1v) is 3.36. The number of rotatable bonds is 5. The van der Waals surface area contributed by atoms with Gasteiger partial charge in [0.1, 0.15) is 5.78 Å². The Balaban J connectivity index is 3.76. The molecule has 0 radical (unpaired) electrons. The second-order valence-electron chi connectivity index (χ2n) is 2.43. The maximum atomic E-state index is 10.6. The van der Waals surface area contributed by atoms with Gasteiger partial charge in [-0.15, -0.1) is 0 Å². The zero-order chi connectivity index (χ0) is 8.85. The Labute approximate surface area is 65.7 Å². The number of hydrogen-bond acceptors (Lipinski definition) is 3. The fraction of sp³-hybridized carbons (Fsp3) is 0.714. The van der Waals surface area contributed by atoms with E-state index < -0.39 is 5.91 Å². The SMILES string of the molecule is COC(CC(C)=O)CC(N)=O. The highest BCUT2D eigenvalue weighted by Crippen LogP contribution is 2.02. The van der Waals surface area contributed by atoms with Crippen LogP contribution >= 0.6 is 0 Å². The Hall–Kier alpha value is -0.900. The molecule has 0 aliphatic carbocycles. The van der Waals surface area contributed by atoms with E-state index in [0.717, 1.165) is 0 Å². The molecule has 1 amide bonds. The van der Waals surface area contributed by atoms with E-state index in [2.05, 4.69) is 0 Å². The molecule has 0 aliphatic rings. The molecular weight excluding hydrogens is 146 g/mol. The normalized spacial score (nSPS) is 12.5. The predicted octanol–water partition coefficient (Wildman–Crippen LogP) is -0.144. The Kier molecular flexibility index (Phi) is 4.45. The molecule has 4 nitrogen and oxygen atoms in total. The molecule has 0 saturated heterocycles. The van der Waals surface area contributed by atoms with Crippen molar-refractivity contribution in [3.63, 3.8) is 0 Å². The molecule has 64 valence electrons. The van der Waals surface area contributed by atoms with Gasteiger partial charge in [-0.3, -0.25) is 9.59 Å². The first-order valence-electron chi connectivity index (χ1n) is 3.36. The number of carbonyl (C=O) groups is 2. The standard InChI is InChI=1S/C7H13NO3/c1-5(9)3-6(11-2)4-7(8)10/h6H,3-4H2,1-2H3,(H2,8,10). The first-order chi connectivity index (χ1) is 5.06. The summed E-state index contributed by atoms with van der Waals surface area (Å²) in [6, 6.07) is 0. The van der Waals surface area contributed by atoms with Crippen molar-refractivity contribution in [1.29, 1.82) is 0 Å². The monoisotopic (exact) mass is 159 g/mol. The Morgan fingerprint density at radius 3 is 2.27 bits per heavy atom. The van der Waals surface area contributed by atoms with Crippen LogP contribution in [0.25, 0.3) is 0 Å². The number of nitrogens with two attached hydrogens (primary N) is 1. The van der Waals surface area contributed by atoms with Crippen LogP contribution in [0.2, 0.25) is 0 Å². The third-order valence-corrected chi connectivity index (χ3v) is 1.28. The van der Waals surface area contributed by atoms with Crippen LogP contribution in [0.1, 0.15) is 19.8 Å². The van der Waals surface area contributed by atoms with E-state index in [1.165, 1.54) is 14.0 Å². The molecule has 0 heterocycles. The Morgan fingerprint density at radius 1 is 1.45 bits per heavy atom. The lowest BCUT2D eigenvalue weighted by molar-refractivity contribution is -0.123. The molecule has 0 rings (SSSR count). The van der Waals surface area contributed by atoms with Crippen molar-refractivity contribution in [3.05, 3.63) is 0 Å². The van der Waals surface area contributed by atoms with Crippen LogP contribution in [-0.2, 0) is 14.3 Å². The maximum Gasteiger partial charge on any atom is 0.220 e. The van der Waals surface area contributed by atoms with Crippen LogP contribution in [0, 0.1) is 0 Å². The van der Waals surface area contributed by atoms with E-state index in [0.29, 0.717) is 0 Å². The zero-order valence-electron chi connectivity index (χ0n) is 6.79. The lowest BCUT2D eigenvalue weighted by Crippen LogP contribution is -2.23. The summed E-state index contributed by atoms with van der Waals surface area (Å²) >= 11 is 0. The molecule has 0 aromatic heterocycles. The van der Waals surface area contributed by atoms with Crippen molar-refractivity contribution < 1.29 is 14.3 Å². The van der Waals surface area contributed by atoms with Crippen LogP contribution in [-0.4, -0.2) is 24.9 Å². The molecule has 0 spiro atoms. The summed E-state index contributed by atoms with van der Waals surface area (Å²) in [5.41, 5.74) is 4.91. The maximum absolute atomic E-state index is 10.6. The first kappa shape index (κ1) is 10.1. The molecule has 0 aromatic carbocycles. The molecule has 0 bridgehead atoms. The minimum Gasteiger partial charge on any atom is -0.380 e. The highest BCUT2D eigenvalue weighted by molar-refractivity contribution is 5.78. The van der Waals surface area contributed by atoms with Gasteiger partial charge in [-0.05, 0) is 6.92 Å². The van der Waals surface area contributed by atoms with Crippen molar-refractivity contribution >= 4 is 11.7 Å². The quantitative estimate of drug-likeness (QED) is 0.606. The van der Waals surface area contributed by atoms with Crippen molar-refractivity contribution in [2.45, 2.75) is 25.9 Å². The summed E-state index contributed by atoms with van der Waals surface area (Å²) in [5.74, 6) is -0.448. The smallest absolute Gasteiger partial charge is 0.220 e. The number of primary amides is 1. The number of carbonyl (C=O) groups excluding carboxylic acids is 2. The molecule has 4 heteroatoms. The summed E-state index contributed by atoms with van der Waals surface area (Å²) in [6.07, 6.45) is 0.000185. The van der Waals surface area contributed by atoms with Gasteiger partial charge in [0.05, 0.1) is 12.5 Å². The van der Waals surface area contributed by atoms with Crippen LogP contribution in [0.3, 0.4) is 0 Å². The number of Topliss-reactive ketones (excluding diaryl/α,β-unsaturated/α-hetero) is 1.